The summed E-state index contributed by atoms with van der Waals surface area (Å²) in [7, 11) is 0. The van der Waals surface area contributed by atoms with E-state index in [1.165, 1.54) is 31.2 Å². The molecule has 118 valence electrons. The Bertz CT molecular complexity index is 424. The topological polar surface area (TPSA) is 12.0 Å². The van der Waals surface area contributed by atoms with Crippen molar-refractivity contribution in [3.8, 4) is 0 Å². The highest BCUT2D eigenvalue weighted by molar-refractivity contribution is 6.30. The largest absolute Gasteiger partial charge is 0.310 e. The van der Waals surface area contributed by atoms with Crippen molar-refractivity contribution in [2.24, 2.45) is 17.3 Å². The summed E-state index contributed by atoms with van der Waals surface area (Å²) in [4.78, 5) is 0. The molecule has 21 heavy (non-hydrogen) atoms. The minimum Gasteiger partial charge on any atom is -0.310 e. The van der Waals surface area contributed by atoms with Gasteiger partial charge in [-0.15, -0.1) is 0 Å². The van der Waals surface area contributed by atoms with E-state index >= 15 is 0 Å². The number of benzene rings is 1. The van der Waals surface area contributed by atoms with Crippen molar-refractivity contribution in [1.29, 1.82) is 0 Å². The summed E-state index contributed by atoms with van der Waals surface area (Å²) in [5, 5.41) is 4.51. The highest BCUT2D eigenvalue weighted by atomic mass is 35.5. The molecule has 0 aliphatic heterocycles. The van der Waals surface area contributed by atoms with Crippen LogP contribution < -0.4 is 5.32 Å². The van der Waals surface area contributed by atoms with E-state index in [9.17, 15) is 0 Å². The lowest BCUT2D eigenvalue weighted by atomic mass is 9.70. The molecule has 1 aliphatic carbocycles. The molecule has 1 aromatic carbocycles. The maximum absolute atomic E-state index is 5.95. The zero-order valence-corrected chi connectivity index (χ0v) is 14.7. The van der Waals surface area contributed by atoms with Gasteiger partial charge in [0.2, 0.25) is 0 Å². The lowest BCUT2D eigenvalue weighted by Gasteiger charge is -2.37. The average molecular weight is 308 g/mol. The molecule has 2 heteroatoms. The predicted octanol–water partition coefficient (Wildman–Crippen LogP) is 5.84. The molecular formula is C19H30ClN. The van der Waals surface area contributed by atoms with Gasteiger partial charge in [0.15, 0.2) is 0 Å². The van der Waals surface area contributed by atoms with E-state index in [0.717, 1.165) is 23.4 Å². The fourth-order valence-electron chi connectivity index (χ4n) is 3.45. The standard InChI is InChI=1S/C19H30ClN/c1-14(16-7-11-18(20)12-8-16)21-13-15-5-9-17(10-6-15)19(2,3)4/h7-8,11-12,14-15,17,21H,5-6,9-10,13H2,1-4H3. The molecule has 0 spiro atoms. The number of hydrogen-bond acceptors (Lipinski definition) is 1. The van der Waals surface area contributed by atoms with E-state index in [2.05, 4.69) is 45.1 Å². The van der Waals surface area contributed by atoms with Crippen molar-refractivity contribution in [2.75, 3.05) is 6.54 Å². The van der Waals surface area contributed by atoms with Crippen LogP contribution in [0.3, 0.4) is 0 Å². The smallest absolute Gasteiger partial charge is 0.0406 e. The van der Waals surface area contributed by atoms with E-state index in [1.807, 2.05) is 12.1 Å². The molecule has 1 unspecified atom stereocenters. The zero-order valence-electron chi connectivity index (χ0n) is 14.0. The Labute approximate surface area is 135 Å². The molecule has 0 aromatic heterocycles. The molecule has 0 saturated heterocycles. The summed E-state index contributed by atoms with van der Waals surface area (Å²) in [5.74, 6) is 1.75. The van der Waals surface area contributed by atoms with Gasteiger partial charge in [-0.2, -0.15) is 0 Å². The van der Waals surface area contributed by atoms with E-state index in [-0.39, 0.29) is 0 Å². The monoisotopic (exact) mass is 307 g/mol. The van der Waals surface area contributed by atoms with Gasteiger partial charge in [-0.05, 0) is 74.1 Å². The van der Waals surface area contributed by atoms with Crippen LogP contribution in [0.25, 0.3) is 0 Å². The number of halogens is 1. The molecule has 2 rings (SSSR count). The van der Waals surface area contributed by atoms with Crippen LogP contribution in [-0.4, -0.2) is 6.54 Å². The minimum atomic E-state index is 0.405. The van der Waals surface area contributed by atoms with Crippen molar-refractivity contribution < 1.29 is 0 Å². The first kappa shape index (κ1) is 16.8. The third kappa shape index (κ3) is 5.00. The van der Waals surface area contributed by atoms with E-state index < -0.39 is 0 Å². The van der Waals surface area contributed by atoms with Crippen LogP contribution in [-0.2, 0) is 0 Å². The van der Waals surface area contributed by atoms with Gasteiger partial charge in [-0.25, -0.2) is 0 Å². The molecule has 1 nitrogen and oxygen atoms in total. The van der Waals surface area contributed by atoms with E-state index in [0.29, 0.717) is 11.5 Å². The number of hydrogen-bond donors (Lipinski definition) is 1. The Morgan fingerprint density at radius 2 is 1.67 bits per heavy atom. The third-order valence-corrected chi connectivity index (χ3v) is 5.41. The van der Waals surface area contributed by atoms with Gasteiger partial charge in [-0.1, -0.05) is 44.5 Å². The quantitative estimate of drug-likeness (QED) is 0.736. The second kappa shape index (κ2) is 7.15. The van der Waals surface area contributed by atoms with Crippen molar-refractivity contribution >= 4 is 11.6 Å². The molecule has 0 radical (unpaired) electrons. The summed E-state index contributed by atoms with van der Waals surface area (Å²) >= 11 is 5.95. The second-order valence-electron chi connectivity index (χ2n) is 7.77. The molecule has 1 saturated carbocycles. The summed E-state index contributed by atoms with van der Waals surface area (Å²) in [6.45, 7) is 10.5. The van der Waals surface area contributed by atoms with E-state index in [1.54, 1.807) is 0 Å². The second-order valence-corrected chi connectivity index (χ2v) is 8.20. The van der Waals surface area contributed by atoms with Crippen LogP contribution in [0.5, 0.6) is 0 Å². The van der Waals surface area contributed by atoms with Gasteiger partial charge >= 0.3 is 0 Å². The first-order chi connectivity index (χ1) is 9.86. The average Bonchev–Trinajstić information content (AvgIpc) is 2.45. The van der Waals surface area contributed by atoms with Crippen LogP contribution in [0.1, 0.15) is 65.0 Å². The SMILES string of the molecule is CC(NCC1CCC(C(C)(C)C)CC1)c1ccc(Cl)cc1. The molecule has 1 N–H and O–H groups in total. The van der Waals surface area contributed by atoms with Crippen LogP contribution >= 0.6 is 11.6 Å². The molecular weight excluding hydrogens is 278 g/mol. The predicted molar refractivity (Wildman–Crippen MR) is 92.8 cm³/mol. The molecule has 0 amide bonds. The minimum absolute atomic E-state index is 0.405. The van der Waals surface area contributed by atoms with Crippen molar-refractivity contribution in [3.05, 3.63) is 34.9 Å². The Hall–Kier alpha value is -0.530. The van der Waals surface area contributed by atoms with Gasteiger partial charge in [0.25, 0.3) is 0 Å². The van der Waals surface area contributed by atoms with Gasteiger partial charge in [0, 0.05) is 11.1 Å². The van der Waals surface area contributed by atoms with Gasteiger partial charge < -0.3 is 5.32 Å². The summed E-state index contributed by atoms with van der Waals surface area (Å²) in [6.07, 6.45) is 5.54. The summed E-state index contributed by atoms with van der Waals surface area (Å²) in [5.41, 5.74) is 1.80. The van der Waals surface area contributed by atoms with Crippen molar-refractivity contribution in [2.45, 2.75) is 59.4 Å². The highest BCUT2D eigenvalue weighted by Crippen LogP contribution is 2.39. The molecule has 0 heterocycles. The van der Waals surface area contributed by atoms with Crippen LogP contribution in [0, 0.1) is 17.3 Å². The van der Waals surface area contributed by atoms with Gasteiger partial charge in [0.05, 0.1) is 0 Å². The summed E-state index contributed by atoms with van der Waals surface area (Å²) < 4.78 is 0. The van der Waals surface area contributed by atoms with Crippen molar-refractivity contribution in [3.63, 3.8) is 0 Å². The fourth-order valence-corrected chi connectivity index (χ4v) is 3.57. The Balaban J connectivity index is 1.76. The van der Waals surface area contributed by atoms with Crippen LogP contribution in [0.15, 0.2) is 24.3 Å². The number of nitrogens with one attached hydrogen (secondary N) is 1. The first-order valence-corrected chi connectivity index (χ1v) is 8.73. The van der Waals surface area contributed by atoms with Gasteiger partial charge in [0.1, 0.15) is 0 Å². The lowest BCUT2D eigenvalue weighted by molar-refractivity contribution is 0.148. The lowest BCUT2D eigenvalue weighted by Crippen LogP contribution is -2.31. The maximum Gasteiger partial charge on any atom is 0.0406 e. The zero-order chi connectivity index (χ0) is 15.5. The third-order valence-electron chi connectivity index (χ3n) is 5.15. The van der Waals surface area contributed by atoms with Crippen LogP contribution in [0.4, 0.5) is 0 Å². The normalized spacial score (nSPS) is 24.8. The fraction of sp³-hybridized carbons (Fsp3) is 0.684. The maximum atomic E-state index is 5.95. The molecule has 1 fully saturated rings. The Morgan fingerprint density at radius 1 is 1.10 bits per heavy atom. The van der Waals surface area contributed by atoms with Crippen molar-refractivity contribution in [1.82, 2.24) is 5.32 Å². The molecule has 0 bridgehead atoms. The van der Waals surface area contributed by atoms with E-state index in [4.69, 9.17) is 11.6 Å². The molecule has 1 aromatic rings. The highest BCUT2D eigenvalue weighted by Gasteiger charge is 2.29. The summed E-state index contributed by atoms with van der Waals surface area (Å²) in [6, 6.07) is 8.60. The van der Waals surface area contributed by atoms with Gasteiger partial charge in [-0.3, -0.25) is 0 Å². The first-order valence-electron chi connectivity index (χ1n) is 8.35. The molecule has 1 aliphatic rings. The Kier molecular flexibility index (Phi) is 5.73. The Morgan fingerprint density at radius 3 is 2.19 bits per heavy atom. The van der Waals surface area contributed by atoms with Crippen LogP contribution in [0.2, 0.25) is 5.02 Å². The molecule has 1 atom stereocenters. The number of rotatable bonds is 4.